The highest BCUT2D eigenvalue weighted by Crippen LogP contribution is 2.31. The molecule has 0 aliphatic rings. The maximum atomic E-state index is 12.3. The maximum Gasteiger partial charge on any atom is 0.276 e. The van der Waals surface area contributed by atoms with Crippen molar-refractivity contribution in [1.29, 1.82) is 0 Å². The Kier molecular flexibility index (Phi) is 4.26. The van der Waals surface area contributed by atoms with E-state index in [0.29, 0.717) is 23.6 Å². The molecule has 0 radical (unpaired) electrons. The molecule has 19 heavy (non-hydrogen) atoms. The first-order valence-corrected chi connectivity index (χ1v) is 7.19. The van der Waals surface area contributed by atoms with Gasteiger partial charge in [-0.25, -0.2) is 0 Å². The van der Waals surface area contributed by atoms with Crippen molar-refractivity contribution in [2.45, 2.75) is 13.5 Å². The first-order valence-electron chi connectivity index (χ1n) is 5.61. The fraction of sp³-hybridized carbons (Fsp3) is 0.167. The van der Waals surface area contributed by atoms with E-state index in [4.69, 9.17) is 5.73 Å². The third-order valence-electron chi connectivity index (χ3n) is 2.58. The number of carbonyl (C=O) groups excluding carboxylic acids is 1. The molecule has 0 atom stereocenters. The average Bonchev–Trinajstić information content (AvgIpc) is 2.75. The van der Waals surface area contributed by atoms with Gasteiger partial charge in [0.25, 0.3) is 5.91 Å². The Morgan fingerprint density at radius 3 is 2.63 bits per heavy atom. The molecule has 0 fully saturated rings. The van der Waals surface area contributed by atoms with Crippen LogP contribution in [0.25, 0.3) is 0 Å². The van der Waals surface area contributed by atoms with Gasteiger partial charge in [0, 0.05) is 15.5 Å². The number of aryl methyl sites for hydroxylation is 1. The molecule has 1 amide bonds. The number of amides is 1. The van der Waals surface area contributed by atoms with Gasteiger partial charge in [0.05, 0.1) is 17.6 Å². The third-order valence-corrected chi connectivity index (χ3v) is 3.91. The Balaban J connectivity index is 2.34. The quantitative estimate of drug-likeness (QED) is 0.848. The molecule has 3 N–H and O–H groups in total. The van der Waals surface area contributed by atoms with Gasteiger partial charge in [0.15, 0.2) is 0 Å². The van der Waals surface area contributed by atoms with Gasteiger partial charge >= 0.3 is 0 Å². The monoisotopic (exact) mass is 386 g/mol. The van der Waals surface area contributed by atoms with Gasteiger partial charge in [-0.05, 0) is 50.9 Å². The molecule has 0 spiro atoms. The summed E-state index contributed by atoms with van der Waals surface area (Å²) in [4.78, 5) is 12.3. The molecule has 0 unspecified atom stereocenters. The van der Waals surface area contributed by atoms with Crippen molar-refractivity contribution in [2.24, 2.45) is 0 Å². The first kappa shape index (κ1) is 14.1. The number of benzene rings is 1. The lowest BCUT2D eigenvalue weighted by molar-refractivity contribution is 0.101. The maximum absolute atomic E-state index is 12.3. The molecule has 2 rings (SSSR count). The molecule has 5 nitrogen and oxygen atoms in total. The standard InChI is InChI=1S/C12H12Br2N4O/c1-2-18-11(9(15)6-16-18)12(19)17-10-7(13)4-3-5-8(10)14/h3-6H,2,15H2,1H3,(H,17,19). The van der Waals surface area contributed by atoms with Gasteiger partial charge < -0.3 is 11.1 Å². The largest absolute Gasteiger partial charge is 0.396 e. The number of para-hydroxylation sites is 1. The molecule has 0 saturated heterocycles. The van der Waals surface area contributed by atoms with E-state index < -0.39 is 0 Å². The lowest BCUT2D eigenvalue weighted by atomic mass is 10.3. The van der Waals surface area contributed by atoms with E-state index in [9.17, 15) is 4.79 Å². The second-order valence-electron chi connectivity index (χ2n) is 3.82. The van der Waals surface area contributed by atoms with Crippen LogP contribution in [-0.4, -0.2) is 15.7 Å². The molecule has 1 heterocycles. The number of aromatic nitrogens is 2. The Bertz CT molecular complexity index is 604. The second kappa shape index (κ2) is 5.75. The van der Waals surface area contributed by atoms with Crippen molar-refractivity contribution in [3.8, 4) is 0 Å². The van der Waals surface area contributed by atoms with E-state index >= 15 is 0 Å². The van der Waals surface area contributed by atoms with Crippen LogP contribution in [-0.2, 0) is 6.54 Å². The zero-order valence-electron chi connectivity index (χ0n) is 10.2. The molecular weight excluding hydrogens is 376 g/mol. The molecule has 2 aromatic rings. The number of hydrogen-bond acceptors (Lipinski definition) is 3. The summed E-state index contributed by atoms with van der Waals surface area (Å²) in [7, 11) is 0. The van der Waals surface area contributed by atoms with Crippen LogP contribution in [0.1, 0.15) is 17.4 Å². The van der Waals surface area contributed by atoms with E-state index in [1.807, 2.05) is 25.1 Å². The fourth-order valence-electron chi connectivity index (χ4n) is 1.68. The predicted molar refractivity (Wildman–Crippen MR) is 82.1 cm³/mol. The number of nitrogens with zero attached hydrogens (tertiary/aromatic N) is 2. The smallest absolute Gasteiger partial charge is 0.276 e. The van der Waals surface area contributed by atoms with Crippen molar-refractivity contribution in [3.63, 3.8) is 0 Å². The van der Waals surface area contributed by atoms with Crippen LogP contribution in [0.5, 0.6) is 0 Å². The van der Waals surface area contributed by atoms with Crippen molar-refractivity contribution in [1.82, 2.24) is 9.78 Å². The van der Waals surface area contributed by atoms with Crippen LogP contribution < -0.4 is 11.1 Å². The first-order chi connectivity index (χ1) is 9.04. The fourth-order valence-corrected chi connectivity index (χ4v) is 2.87. The number of nitrogens with one attached hydrogen (secondary N) is 1. The molecule has 1 aromatic carbocycles. The van der Waals surface area contributed by atoms with Gasteiger partial charge in [-0.1, -0.05) is 6.07 Å². The molecule has 100 valence electrons. The SMILES string of the molecule is CCn1ncc(N)c1C(=O)Nc1c(Br)cccc1Br. The summed E-state index contributed by atoms with van der Waals surface area (Å²) in [5.74, 6) is -0.288. The van der Waals surface area contributed by atoms with E-state index in [1.165, 1.54) is 6.20 Å². The highest BCUT2D eigenvalue weighted by Gasteiger charge is 2.18. The minimum atomic E-state index is -0.288. The van der Waals surface area contributed by atoms with Gasteiger partial charge in [-0.15, -0.1) is 0 Å². The van der Waals surface area contributed by atoms with E-state index in [2.05, 4.69) is 42.3 Å². The number of carbonyl (C=O) groups is 1. The van der Waals surface area contributed by atoms with Gasteiger partial charge in [-0.3, -0.25) is 9.48 Å². The third kappa shape index (κ3) is 2.82. The van der Waals surface area contributed by atoms with Crippen molar-refractivity contribution >= 4 is 49.1 Å². The van der Waals surface area contributed by atoms with E-state index in [0.717, 1.165) is 8.95 Å². The second-order valence-corrected chi connectivity index (χ2v) is 5.52. The summed E-state index contributed by atoms with van der Waals surface area (Å²) < 4.78 is 3.14. The van der Waals surface area contributed by atoms with E-state index in [-0.39, 0.29) is 5.91 Å². The minimum absolute atomic E-state index is 0.288. The number of anilines is 2. The number of nitrogens with two attached hydrogens (primary N) is 1. The lowest BCUT2D eigenvalue weighted by Crippen LogP contribution is -2.19. The molecular formula is C12H12Br2N4O. The van der Waals surface area contributed by atoms with Gasteiger partial charge in [0.2, 0.25) is 0 Å². The summed E-state index contributed by atoms with van der Waals surface area (Å²) in [5.41, 5.74) is 7.17. The molecule has 0 bridgehead atoms. The van der Waals surface area contributed by atoms with Crippen LogP contribution in [0, 0.1) is 0 Å². The molecule has 0 aliphatic heterocycles. The van der Waals surface area contributed by atoms with Crippen LogP contribution in [0.2, 0.25) is 0 Å². The highest BCUT2D eigenvalue weighted by atomic mass is 79.9. The zero-order chi connectivity index (χ0) is 14.0. The minimum Gasteiger partial charge on any atom is -0.396 e. The summed E-state index contributed by atoms with van der Waals surface area (Å²) in [6.07, 6.45) is 1.48. The average molecular weight is 388 g/mol. The number of halogens is 2. The lowest BCUT2D eigenvalue weighted by Gasteiger charge is -2.10. The van der Waals surface area contributed by atoms with Crippen LogP contribution in [0.4, 0.5) is 11.4 Å². The van der Waals surface area contributed by atoms with Crippen molar-refractivity contribution < 1.29 is 4.79 Å². The topological polar surface area (TPSA) is 72.9 Å². The number of hydrogen-bond donors (Lipinski definition) is 2. The molecule has 0 aliphatic carbocycles. The summed E-state index contributed by atoms with van der Waals surface area (Å²) >= 11 is 6.79. The molecule has 7 heteroatoms. The van der Waals surface area contributed by atoms with Crippen LogP contribution in [0.15, 0.2) is 33.3 Å². The summed E-state index contributed by atoms with van der Waals surface area (Å²) in [6, 6.07) is 5.57. The number of rotatable bonds is 3. The Morgan fingerprint density at radius 1 is 1.42 bits per heavy atom. The Hall–Kier alpha value is -1.34. The van der Waals surface area contributed by atoms with E-state index in [1.54, 1.807) is 4.68 Å². The highest BCUT2D eigenvalue weighted by molar-refractivity contribution is 9.11. The summed E-state index contributed by atoms with van der Waals surface area (Å²) in [5, 5.41) is 6.87. The van der Waals surface area contributed by atoms with Crippen LogP contribution >= 0.6 is 31.9 Å². The van der Waals surface area contributed by atoms with Crippen molar-refractivity contribution in [3.05, 3.63) is 39.0 Å². The Morgan fingerprint density at radius 2 is 2.05 bits per heavy atom. The van der Waals surface area contributed by atoms with Crippen LogP contribution in [0.3, 0.4) is 0 Å². The number of nitrogen functional groups attached to an aromatic ring is 1. The normalized spacial score (nSPS) is 10.5. The van der Waals surface area contributed by atoms with Crippen molar-refractivity contribution in [2.75, 3.05) is 11.1 Å². The predicted octanol–water partition coefficient (Wildman–Crippen LogP) is 3.26. The zero-order valence-corrected chi connectivity index (χ0v) is 13.3. The van der Waals surface area contributed by atoms with Gasteiger partial charge in [-0.2, -0.15) is 5.10 Å². The van der Waals surface area contributed by atoms with Gasteiger partial charge in [0.1, 0.15) is 5.69 Å². The molecule has 0 saturated carbocycles. The molecule has 1 aromatic heterocycles. The summed E-state index contributed by atoms with van der Waals surface area (Å²) in [6.45, 7) is 2.48. The Labute approximate surface area is 127 Å².